The fraction of sp³-hybridized carbons (Fsp3) is 0.480. The molecule has 2 heterocycles. The second kappa shape index (κ2) is 6.86. The van der Waals surface area contributed by atoms with Crippen molar-refractivity contribution in [2.24, 2.45) is 23.5 Å². The Balaban J connectivity index is 1.48. The Morgan fingerprint density at radius 2 is 1.81 bits per heavy atom. The molecule has 0 radical (unpaired) electrons. The standard InChI is InChI=1S/C25H26N4O3/c1-31-24(30)17-4-2-16(3-5-17)19-18(12-26)22(27)32-23-20(19)21(28-29-23)25-9-13-6-14(10-25)8-15(7-13)11-25/h2-5,13-15,19H,6-11,27H2,1H3,(H,28,29)/t13?,14?,15?,19-,25?/m1/s1. The Bertz CT molecular complexity index is 1140. The number of H-pyrrole nitrogens is 1. The van der Waals surface area contributed by atoms with Gasteiger partial charge in [0.2, 0.25) is 11.8 Å². The number of esters is 1. The molecular formula is C25H26N4O3. The molecule has 4 saturated carbocycles. The molecule has 1 aromatic carbocycles. The maximum atomic E-state index is 11.9. The van der Waals surface area contributed by atoms with E-state index in [2.05, 4.69) is 16.3 Å². The van der Waals surface area contributed by atoms with Crippen LogP contribution in [0, 0.1) is 29.1 Å². The molecule has 2 aromatic rings. The first kappa shape index (κ1) is 19.4. The molecular weight excluding hydrogens is 404 g/mol. The van der Waals surface area contributed by atoms with Gasteiger partial charge in [0.05, 0.1) is 24.2 Å². The van der Waals surface area contributed by atoms with Gasteiger partial charge in [0, 0.05) is 11.1 Å². The number of ether oxygens (including phenoxy) is 2. The molecule has 5 aliphatic rings. The van der Waals surface area contributed by atoms with E-state index in [1.807, 2.05) is 12.1 Å². The molecule has 4 bridgehead atoms. The van der Waals surface area contributed by atoms with Gasteiger partial charge in [-0.25, -0.2) is 4.79 Å². The number of benzene rings is 1. The summed E-state index contributed by atoms with van der Waals surface area (Å²) in [5, 5.41) is 17.8. The number of aromatic amines is 1. The lowest BCUT2D eigenvalue weighted by molar-refractivity contribution is -0.00768. The van der Waals surface area contributed by atoms with Crippen LogP contribution >= 0.6 is 0 Å². The van der Waals surface area contributed by atoms with E-state index in [0.717, 1.165) is 34.6 Å². The zero-order valence-corrected chi connectivity index (χ0v) is 18.1. The minimum atomic E-state index is -0.391. The van der Waals surface area contributed by atoms with Crippen molar-refractivity contribution in [2.45, 2.75) is 49.9 Å². The van der Waals surface area contributed by atoms with Crippen LogP contribution in [-0.2, 0) is 10.2 Å². The van der Waals surface area contributed by atoms with E-state index < -0.39 is 5.97 Å². The number of nitriles is 1. The molecule has 0 spiro atoms. The molecule has 0 unspecified atom stereocenters. The second-order valence-electron chi connectivity index (χ2n) is 10.1. The molecule has 7 heteroatoms. The maximum Gasteiger partial charge on any atom is 0.337 e. The number of hydrogen-bond donors (Lipinski definition) is 2. The van der Waals surface area contributed by atoms with Crippen molar-refractivity contribution in [1.29, 1.82) is 5.26 Å². The zero-order valence-electron chi connectivity index (χ0n) is 18.1. The number of carbonyl (C=O) groups excluding carboxylic acids is 1. The van der Waals surface area contributed by atoms with Gasteiger partial charge < -0.3 is 15.2 Å². The molecule has 4 fully saturated rings. The lowest BCUT2D eigenvalue weighted by Gasteiger charge is -2.56. The third-order valence-electron chi connectivity index (χ3n) is 8.17. The number of allylic oxidation sites excluding steroid dienone is 1. The highest BCUT2D eigenvalue weighted by Gasteiger charge is 2.54. The van der Waals surface area contributed by atoms with Crippen molar-refractivity contribution >= 4 is 5.97 Å². The molecule has 4 aliphatic carbocycles. The Morgan fingerprint density at radius 1 is 1.19 bits per heavy atom. The van der Waals surface area contributed by atoms with E-state index in [4.69, 9.17) is 15.2 Å². The predicted molar refractivity (Wildman–Crippen MR) is 116 cm³/mol. The summed E-state index contributed by atoms with van der Waals surface area (Å²) in [6.07, 6.45) is 7.55. The Labute approximate surface area is 186 Å². The summed E-state index contributed by atoms with van der Waals surface area (Å²) in [4.78, 5) is 11.9. The fourth-order valence-corrected chi connectivity index (χ4v) is 7.33. The fourth-order valence-electron chi connectivity index (χ4n) is 7.33. The van der Waals surface area contributed by atoms with E-state index in [0.29, 0.717) is 17.0 Å². The molecule has 7 nitrogen and oxygen atoms in total. The largest absolute Gasteiger partial charge is 0.465 e. The van der Waals surface area contributed by atoms with Gasteiger partial charge in [0.15, 0.2) is 0 Å². The van der Waals surface area contributed by atoms with Gasteiger partial charge in [-0.15, -0.1) is 5.10 Å². The van der Waals surface area contributed by atoms with Gasteiger partial charge in [0.25, 0.3) is 0 Å². The summed E-state index contributed by atoms with van der Waals surface area (Å²) < 4.78 is 10.7. The third-order valence-corrected chi connectivity index (χ3v) is 8.17. The number of nitrogens with one attached hydrogen (secondary N) is 1. The number of fused-ring (bicyclic) bond motifs is 1. The average molecular weight is 431 g/mol. The van der Waals surface area contributed by atoms with Gasteiger partial charge in [-0.05, 0) is 74.0 Å². The number of hydrogen-bond acceptors (Lipinski definition) is 6. The highest BCUT2D eigenvalue weighted by atomic mass is 16.5. The van der Waals surface area contributed by atoms with Crippen molar-refractivity contribution < 1.29 is 14.3 Å². The van der Waals surface area contributed by atoms with E-state index in [-0.39, 0.29) is 17.2 Å². The van der Waals surface area contributed by atoms with Crippen LogP contribution in [0.25, 0.3) is 0 Å². The van der Waals surface area contributed by atoms with Gasteiger partial charge >= 0.3 is 5.97 Å². The van der Waals surface area contributed by atoms with E-state index in [1.165, 1.54) is 45.6 Å². The average Bonchev–Trinajstić information content (AvgIpc) is 3.21. The summed E-state index contributed by atoms with van der Waals surface area (Å²) in [6.45, 7) is 0. The number of carbonyl (C=O) groups is 1. The maximum absolute atomic E-state index is 11.9. The molecule has 1 aromatic heterocycles. The van der Waals surface area contributed by atoms with Crippen LogP contribution in [0.3, 0.4) is 0 Å². The van der Waals surface area contributed by atoms with Crippen LogP contribution in [-0.4, -0.2) is 23.3 Å². The van der Waals surface area contributed by atoms with E-state index >= 15 is 0 Å². The molecule has 0 saturated heterocycles. The molecule has 0 amide bonds. The number of aromatic nitrogens is 2. The van der Waals surface area contributed by atoms with Crippen LogP contribution < -0.4 is 10.5 Å². The summed E-state index contributed by atoms with van der Waals surface area (Å²) in [5.74, 6) is 2.12. The minimum Gasteiger partial charge on any atom is -0.465 e. The predicted octanol–water partition coefficient (Wildman–Crippen LogP) is 3.88. The van der Waals surface area contributed by atoms with Crippen LogP contribution in [0.2, 0.25) is 0 Å². The van der Waals surface area contributed by atoms with Crippen molar-refractivity contribution in [3.8, 4) is 11.9 Å². The molecule has 164 valence electrons. The third kappa shape index (κ3) is 2.72. The number of nitrogens with zero attached hydrogens (tertiary/aromatic N) is 2. The lowest BCUT2D eigenvalue weighted by Crippen LogP contribution is -2.49. The first-order chi connectivity index (χ1) is 15.5. The summed E-state index contributed by atoms with van der Waals surface area (Å²) in [7, 11) is 1.36. The van der Waals surface area contributed by atoms with Crippen molar-refractivity contribution in [1.82, 2.24) is 10.2 Å². The molecule has 32 heavy (non-hydrogen) atoms. The lowest BCUT2D eigenvalue weighted by atomic mass is 9.48. The van der Waals surface area contributed by atoms with Crippen LogP contribution in [0.15, 0.2) is 35.7 Å². The number of methoxy groups -OCH3 is 1. The van der Waals surface area contributed by atoms with E-state index in [9.17, 15) is 10.1 Å². The van der Waals surface area contributed by atoms with Crippen molar-refractivity contribution in [3.63, 3.8) is 0 Å². The van der Waals surface area contributed by atoms with Crippen molar-refractivity contribution in [2.75, 3.05) is 7.11 Å². The topological polar surface area (TPSA) is 114 Å². The van der Waals surface area contributed by atoms with Crippen molar-refractivity contribution in [3.05, 3.63) is 58.1 Å². The summed E-state index contributed by atoms with van der Waals surface area (Å²) in [6, 6.07) is 9.47. The van der Waals surface area contributed by atoms with Crippen LogP contribution in [0.5, 0.6) is 5.88 Å². The zero-order chi connectivity index (χ0) is 22.0. The van der Waals surface area contributed by atoms with E-state index in [1.54, 1.807) is 12.1 Å². The molecule has 1 aliphatic heterocycles. The highest BCUT2D eigenvalue weighted by Crippen LogP contribution is 2.62. The minimum absolute atomic E-state index is 0.0650. The van der Waals surface area contributed by atoms with Crippen LogP contribution in [0.4, 0.5) is 0 Å². The Morgan fingerprint density at radius 3 is 2.38 bits per heavy atom. The summed E-state index contributed by atoms with van der Waals surface area (Å²) >= 11 is 0. The Kier molecular flexibility index (Phi) is 4.16. The monoisotopic (exact) mass is 430 g/mol. The molecule has 7 rings (SSSR count). The Hall–Kier alpha value is -3.27. The number of nitrogens with two attached hydrogens (primary N) is 1. The van der Waals surface area contributed by atoms with Gasteiger partial charge in [-0.1, -0.05) is 12.1 Å². The first-order valence-corrected chi connectivity index (χ1v) is 11.4. The van der Waals surface area contributed by atoms with Crippen LogP contribution in [0.1, 0.15) is 71.6 Å². The quantitative estimate of drug-likeness (QED) is 0.714. The highest BCUT2D eigenvalue weighted by molar-refractivity contribution is 5.89. The number of rotatable bonds is 3. The normalized spacial score (nSPS) is 32.2. The van der Waals surface area contributed by atoms with Gasteiger partial charge in [-0.2, -0.15) is 5.26 Å². The molecule has 3 N–H and O–H groups in total. The SMILES string of the molecule is COC(=O)c1ccc([C@@H]2C(C#N)=C(N)Oc3n[nH]c(C45CC6CC(CC(C6)C4)C5)c32)cc1. The summed E-state index contributed by atoms with van der Waals surface area (Å²) in [5.41, 5.74) is 10.0. The second-order valence-corrected chi connectivity index (χ2v) is 10.1. The first-order valence-electron chi connectivity index (χ1n) is 11.4. The molecule has 1 atom stereocenters. The smallest absolute Gasteiger partial charge is 0.337 e. The van der Waals surface area contributed by atoms with Gasteiger partial charge in [0.1, 0.15) is 11.6 Å². The van der Waals surface area contributed by atoms with Gasteiger partial charge in [-0.3, -0.25) is 5.10 Å².